The third-order valence-electron chi connectivity index (χ3n) is 3.25. The van der Waals surface area contributed by atoms with Gasteiger partial charge >= 0.3 is 0 Å². The molecule has 2 aromatic heterocycles. The molecule has 3 rings (SSSR count). The molecule has 3 aromatic rings. The number of hydrogen-bond acceptors (Lipinski definition) is 4. The van der Waals surface area contributed by atoms with Crippen molar-refractivity contribution in [3.8, 4) is 0 Å². The van der Waals surface area contributed by atoms with E-state index in [9.17, 15) is 4.39 Å². The molecule has 0 spiro atoms. The molecule has 21 heavy (non-hydrogen) atoms. The van der Waals surface area contributed by atoms with Crippen molar-refractivity contribution in [3.05, 3.63) is 63.5 Å². The zero-order valence-corrected chi connectivity index (χ0v) is 13.4. The van der Waals surface area contributed by atoms with Crippen LogP contribution in [0, 0.1) is 5.82 Å². The van der Waals surface area contributed by atoms with E-state index in [1.54, 1.807) is 29.7 Å². The first-order valence-electron chi connectivity index (χ1n) is 6.40. The van der Waals surface area contributed by atoms with Gasteiger partial charge in [0.25, 0.3) is 0 Å². The lowest BCUT2D eigenvalue weighted by molar-refractivity contribution is 0.560. The molecule has 0 fully saturated rings. The Morgan fingerprint density at radius 3 is 2.90 bits per heavy atom. The molecule has 1 unspecified atom stereocenters. The molecule has 0 saturated heterocycles. The van der Waals surface area contributed by atoms with Crippen molar-refractivity contribution in [3.63, 3.8) is 0 Å². The van der Waals surface area contributed by atoms with E-state index in [1.807, 2.05) is 12.3 Å². The molecular weight excluding hydrogens is 353 g/mol. The minimum Gasteiger partial charge on any atom is -0.271 e. The van der Waals surface area contributed by atoms with Gasteiger partial charge in [-0.05, 0) is 57.6 Å². The quantitative estimate of drug-likeness (QED) is 0.543. The van der Waals surface area contributed by atoms with Crippen molar-refractivity contribution in [2.45, 2.75) is 12.5 Å². The van der Waals surface area contributed by atoms with Crippen LogP contribution in [0.4, 0.5) is 4.39 Å². The summed E-state index contributed by atoms with van der Waals surface area (Å²) in [5.41, 5.74) is 3.92. The highest BCUT2D eigenvalue weighted by atomic mass is 79.9. The Balaban J connectivity index is 1.90. The van der Waals surface area contributed by atoms with Crippen molar-refractivity contribution in [2.24, 2.45) is 5.84 Å². The van der Waals surface area contributed by atoms with Gasteiger partial charge in [0, 0.05) is 26.4 Å². The van der Waals surface area contributed by atoms with E-state index in [2.05, 4.69) is 32.4 Å². The molecule has 0 amide bonds. The molecule has 1 atom stereocenters. The number of benzene rings is 1. The lowest BCUT2D eigenvalue weighted by Gasteiger charge is -2.14. The molecule has 1 aromatic carbocycles. The summed E-state index contributed by atoms with van der Waals surface area (Å²) in [6.45, 7) is 0. The van der Waals surface area contributed by atoms with E-state index in [0.29, 0.717) is 0 Å². The maximum absolute atomic E-state index is 13.3. The van der Waals surface area contributed by atoms with Crippen molar-refractivity contribution < 1.29 is 4.39 Å². The van der Waals surface area contributed by atoms with E-state index in [4.69, 9.17) is 5.84 Å². The van der Waals surface area contributed by atoms with E-state index >= 15 is 0 Å². The fourth-order valence-corrected chi connectivity index (χ4v) is 3.80. The summed E-state index contributed by atoms with van der Waals surface area (Å²) >= 11 is 4.97. The summed E-state index contributed by atoms with van der Waals surface area (Å²) < 4.78 is 15.1. The largest absolute Gasteiger partial charge is 0.271 e. The number of hydrazine groups is 1. The van der Waals surface area contributed by atoms with Crippen LogP contribution in [0.5, 0.6) is 0 Å². The highest BCUT2D eigenvalue weighted by Gasteiger charge is 2.14. The molecule has 2 heterocycles. The predicted octanol–water partition coefficient (Wildman–Crippen LogP) is 3.95. The van der Waals surface area contributed by atoms with Crippen LogP contribution in [-0.2, 0) is 6.42 Å². The summed E-state index contributed by atoms with van der Waals surface area (Å²) in [6, 6.07) is 8.86. The lowest BCUT2D eigenvalue weighted by atomic mass is 10.1. The van der Waals surface area contributed by atoms with E-state index in [-0.39, 0.29) is 11.9 Å². The zero-order valence-electron chi connectivity index (χ0n) is 11.0. The molecule has 6 heteroatoms. The van der Waals surface area contributed by atoms with Gasteiger partial charge in [0.05, 0.1) is 6.04 Å². The Hall–Kier alpha value is -1.34. The number of hydrogen-bond donors (Lipinski definition) is 2. The minimum absolute atomic E-state index is 0.0263. The second-order valence-electron chi connectivity index (χ2n) is 4.77. The van der Waals surface area contributed by atoms with Gasteiger partial charge in [-0.2, -0.15) is 0 Å². The Labute approximate surface area is 134 Å². The molecule has 0 aliphatic rings. The zero-order chi connectivity index (χ0) is 14.8. The van der Waals surface area contributed by atoms with Gasteiger partial charge in [0.2, 0.25) is 0 Å². The van der Waals surface area contributed by atoms with Crippen LogP contribution in [0.2, 0.25) is 0 Å². The van der Waals surface area contributed by atoms with Crippen molar-refractivity contribution >= 4 is 37.4 Å². The first kappa shape index (κ1) is 14.6. The molecule has 3 N–H and O–H groups in total. The van der Waals surface area contributed by atoms with Gasteiger partial charge in [-0.1, -0.05) is 6.07 Å². The average Bonchev–Trinajstić information content (AvgIpc) is 2.87. The second-order valence-corrected chi connectivity index (χ2v) is 6.80. The first-order chi connectivity index (χ1) is 10.2. The van der Waals surface area contributed by atoms with Crippen LogP contribution in [0.3, 0.4) is 0 Å². The third-order valence-corrected chi connectivity index (χ3v) is 4.89. The number of thiophene rings is 1. The van der Waals surface area contributed by atoms with E-state index < -0.39 is 0 Å². The number of nitrogens with two attached hydrogens (primary N) is 1. The normalized spacial score (nSPS) is 12.7. The highest BCUT2D eigenvalue weighted by molar-refractivity contribution is 9.10. The molecule has 0 radical (unpaired) electrons. The third kappa shape index (κ3) is 3.29. The lowest BCUT2D eigenvalue weighted by Crippen LogP contribution is -2.28. The smallest absolute Gasteiger partial charge is 0.124 e. The van der Waals surface area contributed by atoms with Gasteiger partial charge in [-0.25, -0.2) is 4.39 Å². The summed E-state index contributed by atoms with van der Waals surface area (Å²) in [6.07, 6.45) is 4.29. The molecule has 0 aliphatic carbocycles. The van der Waals surface area contributed by atoms with Crippen molar-refractivity contribution in [1.82, 2.24) is 10.4 Å². The van der Waals surface area contributed by atoms with Crippen LogP contribution in [0.1, 0.15) is 16.5 Å². The van der Waals surface area contributed by atoms with Crippen LogP contribution >= 0.6 is 27.3 Å². The molecule has 0 bridgehead atoms. The second kappa shape index (κ2) is 6.19. The van der Waals surface area contributed by atoms with E-state index in [0.717, 1.165) is 31.4 Å². The van der Waals surface area contributed by atoms with Crippen LogP contribution in [0.15, 0.2) is 47.2 Å². The standard InChI is InChI=1S/C15H13BrFN3S/c16-11-3-9(7-19-8-11)4-13(20-18)15-5-10-1-2-12(17)6-14(10)21-15/h1-3,5-8,13,20H,4,18H2. The van der Waals surface area contributed by atoms with E-state index in [1.165, 1.54) is 6.07 Å². The SMILES string of the molecule is NNC(Cc1cncc(Br)c1)c1cc2ccc(F)cc2s1. The fourth-order valence-electron chi connectivity index (χ4n) is 2.24. The van der Waals surface area contributed by atoms with Gasteiger partial charge in [-0.3, -0.25) is 16.3 Å². The number of nitrogens with one attached hydrogen (secondary N) is 1. The number of halogens is 2. The average molecular weight is 366 g/mol. The Morgan fingerprint density at radius 2 is 2.14 bits per heavy atom. The van der Waals surface area contributed by atoms with Crippen LogP contribution in [0.25, 0.3) is 10.1 Å². The number of aromatic nitrogens is 1. The maximum Gasteiger partial charge on any atom is 0.124 e. The first-order valence-corrected chi connectivity index (χ1v) is 8.01. The summed E-state index contributed by atoms with van der Waals surface area (Å²) in [7, 11) is 0. The number of fused-ring (bicyclic) bond motifs is 1. The fraction of sp³-hybridized carbons (Fsp3) is 0.133. The van der Waals surface area contributed by atoms with Gasteiger partial charge < -0.3 is 0 Å². The molecule has 0 aliphatic heterocycles. The van der Waals surface area contributed by atoms with Gasteiger partial charge in [0.1, 0.15) is 5.82 Å². The molecular formula is C15H13BrFN3S. The number of nitrogens with zero attached hydrogens (tertiary/aromatic N) is 1. The maximum atomic E-state index is 13.3. The Kier molecular flexibility index (Phi) is 4.30. The van der Waals surface area contributed by atoms with Crippen LogP contribution < -0.4 is 11.3 Å². The summed E-state index contributed by atoms with van der Waals surface area (Å²) in [4.78, 5) is 5.24. The van der Waals surface area contributed by atoms with Gasteiger partial charge in [0.15, 0.2) is 0 Å². The van der Waals surface area contributed by atoms with Crippen molar-refractivity contribution in [2.75, 3.05) is 0 Å². The molecule has 0 saturated carbocycles. The summed E-state index contributed by atoms with van der Waals surface area (Å²) in [5.74, 6) is 5.47. The monoisotopic (exact) mass is 365 g/mol. The van der Waals surface area contributed by atoms with Crippen LogP contribution in [-0.4, -0.2) is 4.98 Å². The van der Waals surface area contributed by atoms with Crippen molar-refractivity contribution in [1.29, 1.82) is 0 Å². The number of pyridine rings is 1. The Bertz CT molecular complexity index is 774. The highest BCUT2D eigenvalue weighted by Crippen LogP contribution is 2.31. The predicted molar refractivity (Wildman–Crippen MR) is 87.5 cm³/mol. The number of rotatable bonds is 4. The summed E-state index contributed by atoms with van der Waals surface area (Å²) in [5, 5.41) is 1.03. The minimum atomic E-state index is -0.218. The molecule has 3 nitrogen and oxygen atoms in total. The van der Waals surface area contributed by atoms with Gasteiger partial charge in [-0.15, -0.1) is 11.3 Å². The Morgan fingerprint density at radius 1 is 1.29 bits per heavy atom. The molecule has 108 valence electrons. The topological polar surface area (TPSA) is 50.9 Å².